The number of hydrogen-bond donors (Lipinski definition) is 1. The van der Waals surface area contributed by atoms with Crippen LogP contribution < -0.4 is 14.8 Å². The Balaban J connectivity index is 1.83. The van der Waals surface area contributed by atoms with Crippen molar-refractivity contribution in [2.24, 2.45) is 0 Å². The Hall–Kier alpha value is -0.520. The van der Waals surface area contributed by atoms with Gasteiger partial charge < -0.3 is 14.8 Å². The molecule has 0 saturated carbocycles. The van der Waals surface area contributed by atoms with Crippen LogP contribution in [0.1, 0.15) is 31.9 Å². The minimum Gasteiger partial charge on any atom is -0.497 e. The molecule has 1 atom stereocenters. The van der Waals surface area contributed by atoms with E-state index in [0.717, 1.165) is 17.9 Å². The third kappa shape index (κ3) is 3.87. The van der Waals surface area contributed by atoms with Gasteiger partial charge >= 0.3 is 0 Å². The Kier molecular flexibility index (Phi) is 5.15. The standard InChI is InChI=1S/C17H25NO2S2/c1-17(2)9-15(18-12-10-21-6-7-22-11-12)14-8-13(19-3)4-5-16(14)20-17/h4-5,8,12,15,18H,6-7,9-11H2,1-3H3. The molecule has 2 aliphatic rings. The molecule has 0 radical (unpaired) electrons. The van der Waals surface area contributed by atoms with Gasteiger partial charge in [0, 0.05) is 47.1 Å². The van der Waals surface area contributed by atoms with Gasteiger partial charge in [0.2, 0.25) is 0 Å². The van der Waals surface area contributed by atoms with E-state index in [1.807, 2.05) is 12.1 Å². The zero-order valence-corrected chi connectivity index (χ0v) is 15.2. The second-order valence-corrected chi connectivity index (χ2v) is 8.84. The quantitative estimate of drug-likeness (QED) is 0.906. The summed E-state index contributed by atoms with van der Waals surface area (Å²) in [4.78, 5) is 0. The minimum absolute atomic E-state index is 0.135. The predicted molar refractivity (Wildman–Crippen MR) is 96.6 cm³/mol. The van der Waals surface area contributed by atoms with Crippen LogP contribution in [0.15, 0.2) is 18.2 Å². The van der Waals surface area contributed by atoms with Gasteiger partial charge in [0.15, 0.2) is 0 Å². The lowest BCUT2D eigenvalue weighted by molar-refractivity contribution is 0.0645. The molecule has 2 heterocycles. The van der Waals surface area contributed by atoms with Crippen LogP contribution >= 0.6 is 23.5 Å². The van der Waals surface area contributed by atoms with Crippen molar-refractivity contribution in [2.45, 2.75) is 38.0 Å². The first-order valence-electron chi connectivity index (χ1n) is 7.86. The van der Waals surface area contributed by atoms with Gasteiger partial charge in [-0.15, -0.1) is 0 Å². The molecule has 1 aromatic rings. The first-order valence-corrected chi connectivity index (χ1v) is 10.2. The van der Waals surface area contributed by atoms with Crippen molar-refractivity contribution < 1.29 is 9.47 Å². The van der Waals surface area contributed by atoms with Gasteiger partial charge in [-0.2, -0.15) is 23.5 Å². The summed E-state index contributed by atoms with van der Waals surface area (Å²) in [5, 5.41) is 3.88. The molecule has 0 spiro atoms. The van der Waals surface area contributed by atoms with Crippen LogP contribution in [-0.4, -0.2) is 41.8 Å². The summed E-state index contributed by atoms with van der Waals surface area (Å²) in [5.41, 5.74) is 1.10. The number of fused-ring (bicyclic) bond motifs is 1. The van der Waals surface area contributed by atoms with E-state index < -0.39 is 0 Å². The normalized spacial score (nSPS) is 25.0. The Labute approximate surface area is 141 Å². The fourth-order valence-electron chi connectivity index (χ4n) is 3.11. The lowest BCUT2D eigenvalue weighted by atomic mass is 9.89. The summed E-state index contributed by atoms with van der Waals surface area (Å²) in [5.74, 6) is 6.83. The second kappa shape index (κ2) is 6.93. The number of methoxy groups -OCH3 is 1. The molecule has 0 aromatic heterocycles. The summed E-state index contributed by atoms with van der Waals surface area (Å²) in [6.07, 6.45) is 0.985. The maximum atomic E-state index is 6.16. The molecule has 122 valence electrons. The van der Waals surface area contributed by atoms with E-state index >= 15 is 0 Å². The highest BCUT2D eigenvalue weighted by atomic mass is 32.2. The predicted octanol–water partition coefficient (Wildman–Crippen LogP) is 3.74. The highest BCUT2D eigenvalue weighted by molar-refractivity contribution is 8.03. The molecular weight excluding hydrogens is 314 g/mol. The minimum atomic E-state index is -0.135. The van der Waals surface area contributed by atoms with E-state index in [0.29, 0.717) is 12.1 Å². The van der Waals surface area contributed by atoms with Crippen LogP contribution in [0.2, 0.25) is 0 Å². The molecular formula is C17H25NO2S2. The molecule has 1 N–H and O–H groups in total. The number of hydrogen-bond acceptors (Lipinski definition) is 5. The topological polar surface area (TPSA) is 30.5 Å². The van der Waals surface area contributed by atoms with Gasteiger partial charge in [0.1, 0.15) is 17.1 Å². The third-order valence-electron chi connectivity index (χ3n) is 4.12. The lowest BCUT2D eigenvalue weighted by Gasteiger charge is -2.39. The second-order valence-electron chi connectivity index (χ2n) is 6.54. The van der Waals surface area contributed by atoms with Crippen LogP contribution in [0.4, 0.5) is 0 Å². The number of nitrogens with one attached hydrogen (secondary N) is 1. The molecule has 3 rings (SSSR count). The average molecular weight is 340 g/mol. The molecule has 1 saturated heterocycles. The molecule has 1 fully saturated rings. The zero-order chi connectivity index (χ0) is 15.6. The van der Waals surface area contributed by atoms with Crippen LogP contribution in [0.3, 0.4) is 0 Å². The van der Waals surface area contributed by atoms with Gasteiger partial charge in [-0.1, -0.05) is 0 Å². The molecule has 2 aliphatic heterocycles. The number of ether oxygens (including phenoxy) is 2. The van der Waals surface area contributed by atoms with Gasteiger partial charge in [-0.05, 0) is 32.0 Å². The highest BCUT2D eigenvalue weighted by Gasteiger charge is 2.35. The van der Waals surface area contributed by atoms with Crippen molar-refractivity contribution in [3.05, 3.63) is 23.8 Å². The number of thioether (sulfide) groups is 2. The van der Waals surface area contributed by atoms with Crippen LogP contribution in [-0.2, 0) is 0 Å². The summed E-state index contributed by atoms with van der Waals surface area (Å²) >= 11 is 4.12. The van der Waals surface area contributed by atoms with Crippen LogP contribution in [0, 0.1) is 0 Å². The van der Waals surface area contributed by atoms with Gasteiger partial charge in [0.05, 0.1) is 7.11 Å². The average Bonchev–Trinajstić information content (AvgIpc) is 2.74. The Bertz CT molecular complexity index is 513. The van der Waals surface area contributed by atoms with E-state index in [2.05, 4.69) is 48.8 Å². The van der Waals surface area contributed by atoms with Gasteiger partial charge in [0.25, 0.3) is 0 Å². The highest BCUT2D eigenvalue weighted by Crippen LogP contribution is 2.41. The molecule has 0 bridgehead atoms. The van der Waals surface area contributed by atoms with Crippen molar-refractivity contribution in [3.8, 4) is 11.5 Å². The molecule has 22 heavy (non-hydrogen) atoms. The Morgan fingerprint density at radius 2 is 1.95 bits per heavy atom. The van der Waals surface area contributed by atoms with Crippen molar-refractivity contribution in [1.82, 2.24) is 5.32 Å². The van der Waals surface area contributed by atoms with Crippen LogP contribution in [0.5, 0.6) is 11.5 Å². The number of benzene rings is 1. The monoisotopic (exact) mass is 339 g/mol. The molecule has 1 aromatic carbocycles. The largest absolute Gasteiger partial charge is 0.497 e. The van der Waals surface area contributed by atoms with Crippen molar-refractivity contribution >= 4 is 23.5 Å². The molecule has 0 amide bonds. The van der Waals surface area contributed by atoms with Crippen molar-refractivity contribution in [1.29, 1.82) is 0 Å². The molecule has 3 nitrogen and oxygen atoms in total. The molecule has 1 unspecified atom stereocenters. The first kappa shape index (κ1) is 16.3. The van der Waals surface area contributed by atoms with Crippen LogP contribution in [0.25, 0.3) is 0 Å². The maximum Gasteiger partial charge on any atom is 0.125 e. The van der Waals surface area contributed by atoms with Crippen molar-refractivity contribution in [3.63, 3.8) is 0 Å². The summed E-state index contributed by atoms with van der Waals surface area (Å²) < 4.78 is 11.6. The summed E-state index contributed by atoms with van der Waals surface area (Å²) in [6.45, 7) is 4.34. The fourth-order valence-corrected chi connectivity index (χ4v) is 5.53. The van der Waals surface area contributed by atoms with E-state index in [-0.39, 0.29) is 5.60 Å². The van der Waals surface area contributed by atoms with Gasteiger partial charge in [-0.25, -0.2) is 0 Å². The molecule has 0 aliphatic carbocycles. The van der Waals surface area contributed by atoms with E-state index in [1.54, 1.807) is 7.11 Å². The third-order valence-corrected chi connectivity index (χ3v) is 6.64. The van der Waals surface area contributed by atoms with E-state index in [9.17, 15) is 0 Å². The molecule has 5 heteroatoms. The summed E-state index contributed by atoms with van der Waals surface area (Å²) in [6, 6.07) is 7.04. The van der Waals surface area contributed by atoms with E-state index in [4.69, 9.17) is 9.47 Å². The van der Waals surface area contributed by atoms with Crippen molar-refractivity contribution in [2.75, 3.05) is 30.1 Å². The first-order chi connectivity index (χ1) is 10.6. The SMILES string of the molecule is COc1ccc2c(c1)C(NC1CSCCSC1)CC(C)(C)O2. The number of rotatable bonds is 3. The Morgan fingerprint density at radius 3 is 2.64 bits per heavy atom. The zero-order valence-electron chi connectivity index (χ0n) is 13.6. The van der Waals surface area contributed by atoms with E-state index in [1.165, 1.54) is 28.6 Å². The maximum absolute atomic E-state index is 6.16. The Morgan fingerprint density at radius 1 is 1.23 bits per heavy atom. The summed E-state index contributed by atoms with van der Waals surface area (Å²) in [7, 11) is 1.72. The van der Waals surface area contributed by atoms with Gasteiger partial charge in [-0.3, -0.25) is 0 Å². The lowest BCUT2D eigenvalue weighted by Crippen LogP contribution is -2.44. The fraction of sp³-hybridized carbons (Fsp3) is 0.647. The smallest absolute Gasteiger partial charge is 0.125 e.